The van der Waals surface area contributed by atoms with E-state index in [0.717, 1.165) is 22.3 Å². The molecule has 8 heteroatoms. The molecular formula is C41H68O8. The lowest BCUT2D eigenvalue weighted by atomic mass is 9.58. The van der Waals surface area contributed by atoms with Crippen LogP contribution in [0.2, 0.25) is 0 Å². The second-order valence-corrected chi connectivity index (χ2v) is 19.1. The van der Waals surface area contributed by atoms with Gasteiger partial charge in [0, 0.05) is 10.8 Å². The van der Waals surface area contributed by atoms with Gasteiger partial charge in [-0.3, -0.25) is 9.59 Å². The van der Waals surface area contributed by atoms with E-state index in [2.05, 4.69) is 96.9 Å². The van der Waals surface area contributed by atoms with Crippen LogP contribution in [0.15, 0.2) is 46.0 Å². The third-order valence-corrected chi connectivity index (χ3v) is 11.4. The zero-order valence-corrected chi connectivity index (χ0v) is 33.1. The van der Waals surface area contributed by atoms with E-state index in [1.807, 2.05) is 12.2 Å². The van der Waals surface area contributed by atoms with Gasteiger partial charge >= 0.3 is 11.9 Å². The molecular weight excluding hydrogens is 620 g/mol. The SMILES string of the molecule is CC(C)(C)C1=C(O)C(C)(C(C)(C)C)CC(CC(CCOCOCCC(CC2=CC(C(C)(C)C)=C(O)C(C)(C(C)(C)C)C2)C(=O)O)C(=O)O)=C1. The number of hydrogen-bond donors (Lipinski definition) is 4. The summed E-state index contributed by atoms with van der Waals surface area (Å²) in [6.07, 6.45) is 6.51. The average Bonchev–Trinajstić information content (AvgIpc) is 2.91. The maximum Gasteiger partial charge on any atom is 0.306 e. The van der Waals surface area contributed by atoms with E-state index < -0.39 is 34.6 Å². The third kappa shape index (κ3) is 10.2. The second kappa shape index (κ2) is 15.3. The van der Waals surface area contributed by atoms with E-state index in [1.165, 1.54) is 0 Å². The molecule has 0 amide bonds. The molecule has 0 heterocycles. The van der Waals surface area contributed by atoms with Crippen LogP contribution >= 0.6 is 0 Å². The van der Waals surface area contributed by atoms with Crippen LogP contribution < -0.4 is 0 Å². The fourth-order valence-corrected chi connectivity index (χ4v) is 6.85. The molecule has 0 fully saturated rings. The van der Waals surface area contributed by atoms with Crippen LogP contribution in [-0.4, -0.2) is 52.4 Å². The van der Waals surface area contributed by atoms with E-state index in [4.69, 9.17) is 9.47 Å². The Hall–Kier alpha value is -2.58. The first-order chi connectivity index (χ1) is 22.1. The Morgan fingerprint density at radius 3 is 1.20 bits per heavy atom. The van der Waals surface area contributed by atoms with Gasteiger partial charge in [-0.1, -0.05) is 120 Å². The van der Waals surface area contributed by atoms with Gasteiger partial charge in [0.15, 0.2) is 0 Å². The number of carbonyl (C=O) groups is 2. The minimum absolute atomic E-state index is 0.0518. The molecule has 0 saturated heterocycles. The maximum absolute atomic E-state index is 12.3. The highest BCUT2D eigenvalue weighted by atomic mass is 16.7. The van der Waals surface area contributed by atoms with Gasteiger partial charge in [0.25, 0.3) is 0 Å². The Kier molecular flexibility index (Phi) is 13.3. The summed E-state index contributed by atoms with van der Waals surface area (Å²) in [5.41, 5.74) is 1.64. The number of allylic oxidation sites excluding steroid dienone is 8. The molecule has 4 unspecified atom stereocenters. The van der Waals surface area contributed by atoms with Gasteiger partial charge in [-0.25, -0.2) is 0 Å². The molecule has 0 aromatic carbocycles. The fourth-order valence-electron chi connectivity index (χ4n) is 6.85. The molecule has 0 aromatic rings. The predicted octanol–water partition coefficient (Wildman–Crippen LogP) is 10.4. The van der Waals surface area contributed by atoms with Crippen LogP contribution in [0.5, 0.6) is 0 Å². The lowest BCUT2D eigenvalue weighted by Crippen LogP contribution is -2.39. The molecule has 0 saturated carbocycles. The highest BCUT2D eigenvalue weighted by Gasteiger charge is 2.48. The maximum atomic E-state index is 12.3. The van der Waals surface area contributed by atoms with Crippen molar-refractivity contribution < 1.29 is 39.5 Å². The van der Waals surface area contributed by atoms with Crippen LogP contribution in [0.25, 0.3) is 0 Å². The molecule has 0 radical (unpaired) electrons. The highest BCUT2D eigenvalue weighted by molar-refractivity contribution is 5.71. The summed E-state index contributed by atoms with van der Waals surface area (Å²) in [6.45, 7) is 29.5. The van der Waals surface area contributed by atoms with Crippen LogP contribution in [0.1, 0.15) is 135 Å². The van der Waals surface area contributed by atoms with E-state index in [-0.39, 0.29) is 41.7 Å². The number of aliphatic carboxylic acids is 2. The first kappa shape index (κ1) is 42.6. The Morgan fingerprint density at radius 2 is 0.959 bits per heavy atom. The predicted molar refractivity (Wildman–Crippen MR) is 196 cm³/mol. The molecule has 2 rings (SSSR count). The smallest absolute Gasteiger partial charge is 0.306 e. The first-order valence-electron chi connectivity index (χ1n) is 17.9. The normalized spacial score (nSPS) is 24.0. The van der Waals surface area contributed by atoms with Gasteiger partial charge in [-0.05, 0) is 71.3 Å². The van der Waals surface area contributed by atoms with Crippen LogP contribution in [-0.2, 0) is 19.1 Å². The van der Waals surface area contributed by atoms with E-state index in [9.17, 15) is 30.0 Å². The Bertz CT molecular complexity index is 1230. The van der Waals surface area contributed by atoms with Crippen molar-refractivity contribution in [1.82, 2.24) is 0 Å². The summed E-state index contributed by atoms with van der Waals surface area (Å²) in [5, 5.41) is 42.8. The van der Waals surface area contributed by atoms with Crippen molar-refractivity contribution in [2.24, 2.45) is 44.3 Å². The molecule has 0 bridgehead atoms. The highest BCUT2D eigenvalue weighted by Crippen LogP contribution is 2.55. The van der Waals surface area contributed by atoms with Crippen molar-refractivity contribution in [1.29, 1.82) is 0 Å². The zero-order chi connectivity index (χ0) is 38.0. The summed E-state index contributed by atoms with van der Waals surface area (Å²) in [4.78, 5) is 24.6. The molecule has 2 aliphatic rings. The number of hydrogen-bond acceptors (Lipinski definition) is 6. The lowest BCUT2D eigenvalue weighted by Gasteiger charge is -2.46. The number of aliphatic hydroxyl groups is 2. The molecule has 0 aromatic heterocycles. The molecule has 4 N–H and O–H groups in total. The molecule has 49 heavy (non-hydrogen) atoms. The number of rotatable bonds is 14. The Morgan fingerprint density at radius 1 is 0.653 bits per heavy atom. The van der Waals surface area contributed by atoms with Gasteiger partial charge in [-0.15, -0.1) is 0 Å². The van der Waals surface area contributed by atoms with Gasteiger partial charge in [0.1, 0.15) is 18.3 Å². The Labute approximate surface area is 296 Å². The van der Waals surface area contributed by atoms with E-state index in [0.29, 0.717) is 50.0 Å². The molecule has 8 nitrogen and oxygen atoms in total. The molecule has 2 aliphatic carbocycles. The van der Waals surface area contributed by atoms with Crippen LogP contribution in [0.3, 0.4) is 0 Å². The molecule has 0 spiro atoms. The summed E-state index contributed by atoms with van der Waals surface area (Å²) in [5.74, 6) is -2.30. The number of aliphatic hydroxyl groups excluding tert-OH is 2. The minimum Gasteiger partial charge on any atom is -0.511 e. The minimum atomic E-state index is -0.888. The zero-order valence-electron chi connectivity index (χ0n) is 33.1. The van der Waals surface area contributed by atoms with Gasteiger partial charge in [0.2, 0.25) is 0 Å². The molecule has 4 atom stereocenters. The summed E-state index contributed by atoms with van der Waals surface area (Å²) in [6, 6.07) is 0. The van der Waals surface area contributed by atoms with Gasteiger partial charge in [0.05, 0.1) is 25.0 Å². The molecule has 0 aliphatic heterocycles. The van der Waals surface area contributed by atoms with Crippen molar-refractivity contribution in [3.8, 4) is 0 Å². The largest absolute Gasteiger partial charge is 0.511 e. The monoisotopic (exact) mass is 688 g/mol. The summed E-state index contributed by atoms with van der Waals surface area (Å²) >= 11 is 0. The van der Waals surface area contributed by atoms with Gasteiger partial charge < -0.3 is 29.9 Å². The third-order valence-electron chi connectivity index (χ3n) is 11.4. The molecule has 280 valence electrons. The van der Waals surface area contributed by atoms with Crippen LogP contribution in [0, 0.1) is 44.3 Å². The average molecular weight is 689 g/mol. The number of carboxylic acid groups (broad SMARTS) is 2. The quantitative estimate of drug-likeness (QED) is 0.105. The topological polar surface area (TPSA) is 134 Å². The van der Waals surface area contributed by atoms with Crippen LogP contribution in [0.4, 0.5) is 0 Å². The van der Waals surface area contributed by atoms with Crippen molar-refractivity contribution in [2.75, 3.05) is 20.0 Å². The Balaban J connectivity index is 1.99. The van der Waals surface area contributed by atoms with E-state index in [1.54, 1.807) is 0 Å². The number of ether oxygens (including phenoxy) is 2. The summed E-state index contributed by atoms with van der Waals surface area (Å²) in [7, 11) is 0. The lowest BCUT2D eigenvalue weighted by molar-refractivity contribution is -0.143. The fraction of sp³-hybridized carbons (Fsp3) is 0.756. The van der Waals surface area contributed by atoms with Crippen molar-refractivity contribution >= 4 is 11.9 Å². The second-order valence-electron chi connectivity index (χ2n) is 19.1. The van der Waals surface area contributed by atoms with Crippen molar-refractivity contribution in [2.45, 2.75) is 135 Å². The van der Waals surface area contributed by atoms with Gasteiger partial charge in [-0.2, -0.15) is 0 Å². The van der Waals surface area contributed by atoms with Crippen molar-refractivity contribution in [3.05, 3.63) is 46.0 Å². The first-order valence-corrected chi connectivity index (χ1v) is 17.9. The van der Waals surface area contributed by atoms with Crippen molar-refractivity contribution in [3.63, 3.8) is 0 Å². The van der Waals surface area contributed by atoms with E-state index >= 15 is 0 Å². The summed E-state index contributed by atoms with van der Waals surface area (Å²) < 4.78 is 11.3. The number of carboxylic acids is 2. The standard InChI is InChI=1S/C41H68O8/c1-36(2,3)30-21-26(23-40(13,32(30)42)38(7,8)9)19-28(34(44)45)15-17-48-25-49-18-16-29(35(46)47)20-27-22-31(37(4,5)6)33(43)41(14,24-27)39(10,11)12/h21-22,28-29,42-43H,15-20,23-25H2,1-14H3,(H,44,45)(H,46,47).